The number of carbonyl (C=O) groups is 1. The highest BCUT2D eigenvalue weighted by Gasteiger charge is 2.12. The number of fused-ring (bicyclic) bond motifs is 1. The van der Waals surface area contributed by atoms with Gasteiger partial charge in [0.2, 0.25) is 0 Å². The second-order valence-corrected chi connectivity index (χ2v) is 3.73. The molecule has 0 amide bonds. The van der Waals surface area contributed by atoms with Gasteiger partial charge in [0.05, 0.1) is 12.6 Å². The first-order valence-electron chi connectivity index (χ1n) is 4.49. The average Bonchev–Trinajstić information content (AvgIpc) is 2.52. The Morgan fingerprint density at radius 1 is 1.40 bits per heavy atom. The Morgan fingerprint density at radius 3 is 2.80 bits per heavy atom. The zero-order valence-electron chi connectivity index (χ0n) is 8.45. The van der Waals surface area contributed by atoms with Gasteiger partial charge in [-0.2, -0.15) is 0 Å². The lowest BCUT2D eigenvalue weighted by Gasteiger charge is -2.04. The molecule has 0 unspecified atom stereocenters. The van der Waals surface area contributed by atoms with Gasteiger partial charge in [0, 0.05) is 16.1 Å². The summed E-state index contributed by atoms with van der Waals surface area (Å²) >= 11 is 5.87. The van der Waals surface area contributed by atoms with Crippen molar-refractivity contribution in [2.45, 2.75) is 6.92 Å². The van der Waals surface area contributed by atoms with Gasteiger partial charge < -0.3 is 4.74 Å². The van der Waals surface area contributed by atoms with E-state index in [1.807, 2.05) is 25.1 Å². The Balaban J connectivity index is 2.73. The predicted octanol–water partition coefficient (Wildman–Crippen LogP) is 3.22. The van der Waals surface area contributed by atoms with Crippen LogP contribution in [0.15, 0.2) is 24.3 Å². The number of benzene rings is 1. The molecule has 0 saturated heterocycles. The Hall–Kier alpha value is -1.48. The minimum absolute atomic E-state index is 0.384. The van der Waals surface area contributed by atoms with Crippen LogP contribution in [0.5, 0.6) is 0 Å². The van der Waals surface area contributed by atoms with Crippen molar-refractivity contribution >= 4 is 28.6 Å². The van der Waals surface area contributed by atoms with Gasteiger partial charge in [-0.1, -0.05) is 11.6 Å². The quantitative estimate of drug-likeness (QED) is 0.687. The van der Waals surface area contributed by atoms with E-state index >= 15 is 0 Å². The summed E-state index contributed by atoms with van der Waals surface area (Å²) in [6, 6.07) is 7.28. The molecule has 0 N–H and O–H groups in total. The van der Waals surface area contributed by atoms with Crippen molar-refractivity contribution in [3.8, 4) is 0 Å². The summed E-state index contributed by atoms with van der Waals surface area (Å²) in [5, 5.41) is 1.59. The van der Waals surface area contributed by atoms with E-state index in [4.69, 9.17) is 16.3 Å². The van der Waals surface area contributed by atoms with Crippen LogP contribution in [0.25, 0.3) is 10.9 Å². The summed E-state index contributed by atoms with van der Waals surface area (Å²) < 4.78 is 6.22. The molecule has 0 bridgehead atoms. The normalized spacial score (nSPS) is 10.6. The van der Waals surface area contributed by atoms with E-state index in [0.29, 0.717) is 5.02 Å². The summed E-state index contributed by atoms with van der Waals surface area (Å²) in [6.45, 7) is 1.85. The highest BCUT2D eigenvalue weighted by atomic mass is 35.5. The Bertz CT molecular complexity index is 531. The first-order chi connectivity index (χ1) is 7.13. The SMILES string of the molecule is COC(=O)n1c(C)cc2cc(Cl)ccc21. The molecule has 0 aliphatic rings. The van der Waals surface area contributed by atoms with Crippen molar-refractivity contribution in [2.75, 3.05) is 7.11 Å². The van der Waals surface area contributed by atoms with E-state index in [2.05, 4.69) is 0 Å². The molecule has 3 nitrogen and oxygen atoms in total. The number of aryl methyl sites for hydroxylation is 1. The number of ether oxygens (including phenoxy) is 1. The molecule has 0 fully saturated rings. The zero-order valence-corrected chi connectivity index (χ0v) is 9.21. The number of hydrogen-bond donors (Lipinski definition) is 0. The van der Waals surface area contributed by atoms with Crippen molar-refractivity contribution in [3.05, 3.63) is 35.0 Å². The standard InChI is InChI=1S/C11H10ClNO2/c1-7-5-8-6-9(12)3-4-10(8)13(7)11(14)15-2/h3-6H,1-2H3. The average molecular weight is 224 g/mol. The fraction of sp³-hybridized carbons (Fsp3) is 0.182. The number of carbonyl (C=O) groups excluding carboxylic acids is 1. The monoisotopic (exact) mass is 223 g/mol. The number of rotatable bonds is 0. The van der Waals surface area contributed by atoms with Crippen molar-refractivity contribution < 1.29 is 9.53 Å². The van der Waals surface area contributed by atoms with Crippen LogP contribution < -0.4 is 0 Å². The van der Waals surface area contributed by atoms with E-state index in [-0.39, 0.29) is 6.09 Å². The van der Waals surface area contributed by atoms with E-state index in [1.165, 1.54) is 11.7 Å². The summed E-state index contributed by atoms with van der Waals surface area (Å²) in [5.74, 6) is 0. The Labute approximate surface area is 92.2 Å². The number of hydrogen-bond acceptors (Lipinski definition) is 2. The van der Waals surface area contributed by atoms with Crippen LogP contribution in [-0.4, -0.2) is 17.8 Å². The van der Waals surface area contributed by atoms with Crippen molar-refractivity contribution in [3.63, 3.8) is 0 Å². The van der Waals surface area contributed by atoms with Gasteiger partial charge in [-0.25, -0.2) is 9.36 Å². The van der Waals surface area contributed by atoms with Gasteiger partial charge in [-0.05, 0) is 31.2 Å². The molecule has 4 heteroatoms. The van der Waals surface area contributed by atoms with Crippen LogP contribution in [0.3, 0.4) is 0 Å². The molecule has 2 aromatic rings. The molecule has 1 heterocycles. The summed E-state index contributed by atoms with van der Waals surface area (Å²) in [6.07, 6.45) is -0.384. The maximum Gasteiger partial charge on any atom is 0.418 e. The van der Waals surface area contributed by atoms with Gasteiger partial charge in [-0.3, -0.25) is 0 Å². The number of aromatic nitrogens is 1. The highest BCUT2D eigenvalue weighted by molar-refractivity contribution is 6.31. The smallest absolute Gasteiger partial charge is 0.418 e. The maximum absolute atomic E-state index is 11.5. The van der Waals surface area contributed by atoms with Crippen LogP contribution in [0.1, 0.15) is 5.69 Å². The molecule has 2 rings (SSSR count). The lowest BCUT2D eigenvalue weighted by atomic mass is 10.2. The number of methoxy groups -OCH3 is 1. The molecular weight excluding hydrogens is 214 g/mol. The molecule has 0 aliphatic carbocycles. The summed E-state index contributed by atoms with van der Waals surface area (Å²) in [7, 11) is 1.36. The molecule has 78 valence electrons. The molecule has 0 aliphatic heterocycles. The van der Waals surface area contributed by atoms with Crippen LogP contribution in [0, 0.1) is 6.92 Å². The van der Waals surface area contributed by atoms with Crippen molar-refractivity contribution in [1.29, 1.82) is 0 Å². The number of halogens is 1. The second kappa shape index (κ2) is 3.59. The molecule has 0 atom stereocenters. The lowest BCUT2D eigenvalue weighted by Crippen LogP contribution is -2.12. The van der Waals surface area contributed by atoms with E-state index in [9.17, 15) is 4.79 Å². The molecule has 0 spiro atoms. The molecule has 0 saturated carbocycles. The van der Waals surface area contributed by atoms with Gasteiger partial charge >= 0.3 is 6.09 Å². The highest BCUT2D eigenvalue weighted by Crippen LogP contribution is 2.23. The van der Waals surface area contributed by atoms with E-state index < -0.39 is 0 Å². The second-order valence-electron chi connectivity index (χ2n) is 3.29. The topological polar surface area (TPSA) is 31.2 Å². The van der Waals surface area contributed by atoms with Gasteiger partial charge in [0.25, 0.3) is 0 Å². The third-order valence-electron chi connectivity index (χ3n) is 2.30. The zero-order chi connectivity index (χ0) is 11.0. The fourth-order valence-corrected chi connectivity index (χ4v) is 1.84. The maximum atomic E-state index is 11.5. The van der Waals surface area contributed by atoms with Crippen molar-refractivity contribution in [1.82, 2.24) is 4.57 Å². The van der Waals surface area contributed by atoms with Gasteiger partial charge in [0.15, 0.2) is 0 Å². The van der Waals surface area contributed by atoms with E-state index in [1.54, 1.807) is 6.07 Å². The fourth-order valence-electron chi connectivity index (χ4n) is 1.66. The summed E-state index contributed by atoms with van der Waals surface area (Å²) in [4.78, 5) is 11.5. The van der Waals surface area contributed by atoms with Crippen LogP contribution in [0.4, 0.5) is 4.79 Å². The number of nitrogens with zero attached hydrogens (tertiary/aromatic N) is 1. The predicted molar refractivity (Wildman–Crippen MR) is 59.5 cm³/mol. The van der Waals surface area contributed by atoms with Crippen LogP contribution in [0.2, 0.25) is 5.02 Å². The molecule has 1 aromatic carbocycles. The van der Waals surface area contributed by atoms with E-state index in [0.717, 1.165) is 16.6 Å². The first-order valence-corrected chi connectivity index (χ1v) is 4.87. The Morgan fingerprint density at radius 2 is 2.13 bits per heavy atom. The third kappa shape index (κ3) is 1.59. The first kappa shape index (κ1) is 10.1. The third-order valence-corrected chi connectivity index (χ3v) is 2.54. The van der Waals surface area contributed by atoms with Crippen molar-refractivity contribution in [2.24, 2.45) is 0 Å². The lowest BCUT2D eigenvalue weighted by molar-refractivity contribution is 0.173. The van der Waals surface area contributed by atoms with Crippen LogP contribution >= 0.6 is 11.6 Å². The molecular formula is C11H10ClNO2. The largest absolute Gasteiger partial charge is 0.452 e. The molecule has 0 radical (unpaired) electrons. The van der Waals surface area contributed by atoms with Crippen LogP contribution in [-0.2, 0) is 4.74 Å². The minimum atomic E-state index is -0.384. The molecule has 15 heavy (non-hydrogen) atoms. The molecule has 1 aromatic heterocycles. The van der Waals surface area contributed by atoms with Gasteiger partial charge in [-0.15, -0.1) is 0 Å². The van der Waals surface area contributed by atoms with Gasteiger partial charge in [0.1, 0.15) is 0 Å². The minimum Gasteiger partial charge on any atom is -0.452 e. The summed E-state index contributed by atoms with van der Waals surface area (Å²) in [5.41, 5.74) is 1.64. The Kier molecular flexibility index (Phi) is 2.40.